The fraction of sp³-hybridized carbons (Fsp3) is 0.667. The Labute approximate surface area is 481 Å². The van der Waals surface area contributed by atoms with Gasteiger partial charge in [-0.05, 0) is 57.5 Å². The molecule has 0 spiro atoms. The first-order chi connectivity index (χ1) is 36.8. The van der Waals surface area contributed by atoms with Gasteiger partial charge in [0.05, 0.1) is 36.7 Å². The second kappa shape index (κ2) is 29.3. The molecule has 10 atom stereocenters. The zero-order valence-corrected chi connectivity index (χ0v) is 53.9. The molecule has 4 aromatic rings. The second-order valence-corrected chi connectivity index (χ2v) is 39.4. The molecule has 4 heterocycles. The van der Waals surface area contributed by atoms with Crippen LogP contribution in [0.3, 0.4) is 0 Å². The molecule has 2 aromatic carbocycles. The lowest BCUT2D eigenvalue weighted by atomic mass is 9.89. The van der Waals surface area contributed by atoms with Gasteiger partial charge in [0.15, 0.2) is 34.9 Å². The van der Waals surface area contributed by atoms with Gasteiger partial charge < -0.3 is 28.4 Å². The Kier molecular flexibility index (Phi) is 25.3. The Balaban J connectivity index is 0.000000294. The number of carbonyl (C=O) groups excluding carboxylic acids is 2. The van der Waals surface area contributed by atoms with E-state index in [1.807, 2.05) is 25.1 Å². The van der Waals surface area contributed by atoms with Crippen LogP contribution >= 0.6 is 39.2 Å². The molecule has 2 fully saturated rings. The summed E-state index contributed by atoms with van der Waals surface area (Å²) in [5.74, 6) is -9.59. The van der Waals surface area contributed by atoms with E-state index in [9.17, 15) is 35.9 Å². The molecule has 2 aliphatic rings. The molecule has 10 unspecified atom stereocenters. The fourth-order valence-corrected chi connectivity index (χ4v) is 26.2. The Hall–Kier alpha value is -3.31. The number of alkyl halides is 1. The Morgan fingerprint density at radius 1 is 0.620 bits per heavy atom. The van der Waals surface area contributed by atoms with E-state index in [1.165, 1.54) is 31.8 Å². The lowest BCUT2D eigenvalue weighted by Gasteiger charge is -2.50. The van der Waals surface area contributed by atoms with E-state index in [0.29, 0.717) is 16.6 Å². The first kappa shape index (κ1) is 68.2. The molecule has 0 aliphatic carbocycles. The van der Waals surface area contributed by atoms with Crippen LogP contribution in [-0.2, 0) is 38.0 Å². The van der Waals surface area contributed by atoms with E-state index in [4.69, 9.17) is 40.5 Å². The normalized spacial score (nSPS) is 23.7. The maximum absolute atomic E-state index is 13.9. The summed E-state index contributed by atoms with van der Waals surface area (Å²) in [4.78, 5) is 22.8. The minimum absolute atomic E-state index is 0.0431. The molecular weight excluding hydrogens is 1170 g/mol. The number of methoxy groups -OCH3 is 2. The largest absolute Gasteiger partial charge is 0.463 e. The summed E-state index contributed by atoms with van der Waals surface area (Å²) in [5.41, 5.74) is 3.80. The molecule has 0 radical (unpaired) electrons. The molecule has 14 nitrogen and oxygen atoms in total. The summed E-state index contributed by atoms with van der Waals surface area (Å²) in [6.07, 6.45) is 1.25. The van der Waals surface area contributed by atoms with Crippen molar-refractivity contribution in [1.29, 1.82) is 0 Å². The van der Waals surface area contributed by atoms with Crippen molar-refractivity contribution < 1.29 is 64.4 Å². The zero-order valence-electron chi connectivity index (χ0n) is 48.6. The van der Waals surface area contributed by atoms with Gasteiger partial charge >= 0.3 is 11.9 Å². The van der Waals surface area contributed by atoms with E-state index in [-0.39, 0.29) is 53.0 Å². The Bertz CT molecular complexity index is 2550. The number of thiol groups is 1. The molecule has 0 N–H and O–H groups in total. The quantitative estimate of drug-likeness (QED) is 0.0252. The molecule has 2 aromatic heterocycles. The molecule has 444 valence electrons. The average molecular weight is 1260 g/mol. The van der Waals surface area contributed by atoms with E-state index in [0.717, 1.165) is 40.9 Å². The van der Waals surface area contributed by atoms with Crippen LogP contribution in [0.4, 0.5) is 26.3 Å². The second-order valence-electron chi connectivity index (χ2n) is 22.2. The smallest absolute Gasteiger partial charge is 0.302 e. The van der Waals surface area contributed by atoms with Crippen molar-refractivity contribution in [3.63, 3.8) is 0 Å². The topological polar surface area (TPSA) is 151 Å². The maximum atomic E-state index is 13.9. The molecule has 2 aliphatic heterocycles. The van der Waals surface area contributed by atoms with Crippen LogP contribution in [0.5, 0.6) is 0 Å². The molecule has 25 heteroatoms. The predicted octanol–water partition coefficient (Wildman–Crippen LogP) is 14.1. The average Bonchev–Trinajstić information content (AvgIpc) is 4.14. The van der Waals surface area contributed by atoms with Gasteiger partial charge in [-0.3, -0.25) is 9.59 Å². The van der Waals surface area contributed by atoms with Gasteiger partial charge in [-0.15, -0.1) is 10.2 Å². The van der Waals surface area contributed by atoms with Crippen molar-refractivity contribution in [2.75, 3.05) is 27.4 Å². The number of esters is 2. The standard InChI is InChI=1S/C27H40F3N3O4SSi.C18H19BrF3N3O4.C9H22SSi/c1-14(2)39(15(3)4,16(5)6)38-27-26(35-9)25(17(7)23(37-27)13-36-18(8)34)33-12-22(31-32-33)19-10-20(28)24(30)21(29)11-19;1-8-14(7-28-9(2)26)29-18(19)17(27-3)16(8)25-6-13(23-24-25)10-4-11(20)15(22)12(21)5-10;1-7(2)11(10,8(3)4)9(5)6/h10-12,14-17,23,25-27H,13H2,1-9H3;4-6,8,14,16-18H,7H2,1-3H3;7-10H,1-6H3. The SMILES string of the molecule is CC(C)[Si](S)(C(C)C)C(C)C.COC1C(Br)OC(COC(C)=O)C(C)C1n1cc(-c2cc(F)c(F)c(F)c2)nn1.COC1C(S[Si](C(C)C)(C(C)C)C(C)C)OC(COC(C)=O)C(C)C1n1cc(-c2cc(F)c(F)c(F)c2)nn1. The van der Waals surface area contributed by atoms with Crippen LogP contribution in [0.25, 0.3) is 22.5 Å². The lowest BCUT2D eigenvalue weighted by Crippen LogP contribution is -2.55. The van der Waals surface area contributed by atoms with E-state index >= 15 is 0 Å². The lowest BCUT2D eigenvalue weighted by molar-refractivity contribution is -0.171. The number of ether oxygens (including phenoxy) is 6. The van der Waals surface area contributed by atoms with Crippen LogP contribution < -0.4 is 0 Å². The maximum Gasteiger partial charge on any atom is 0.302 e. The third-order valence-corrected chi connectivity index (χ3v) is 39.0. The summed E-state index contributed by atoms with van der Waals surface area (Å²) >= 11 is 10.2. The highest BCUT2D eigenvalue weighted by molar-refractivity contribution is 9.09. The third kappa shape index (κ3) is 15.9. The summed E-state index contributed by atoms with van der Waals surface area (Å²) in [5, 5.41) is 15.9. The van der Waals surface area contributed by atoms with Crippen molar-refractivity contribution in [3.05, 3.63) is 71.6 Å². The van der Waals surface area contributed by atoms with Gasteiger partial charge in [-0.2, -0.15) is 11.2 Å². The molecule has 0 saturated carbocycles. The fourth-order valence-electron chi connectivity index (χ4n) is 11.4. The van der Waals surface area contributed by atoms with Crippen molar-refractivity contribution >= 4 is 65.6 Å². The number of halogens is 7. The highest BCUT2D eigenvalue weighted by Crippen LogP contribution is 2.54. The highest BCUT2D eigenvalue weighted by atomic mass is 79.9. The summed E-state index contributed by atoms with van der Waals surface area (Å²) < 4.78 is 119. The molecule has 2 saturated heterocycles. The summed E-state index contributed by atoms with van der Waals surface area (Å²) in [6, 6.07) is 2.70. The molecule has 6 rings (SSSR count). The van der Waals surface area contributed by atoms with Crippen molar-refractivity contribution in [1.82, 2.24) is 30.0 Å². The monoisotopic (exact) mass is 1250 g/mol. The highest BCUT2D eigenvalue weighted by Gasteiger charge is 2.53. The summed E-state index contributed by atoms with van der Waals surface area (Å²) in [6.45, 7) is 34.1. The van der Waals surface area contributed by atoms with Gasteiger partial charge in [0.1, 0.15) is 61.7 Å². The van der Waals surface area contributed by atoms with E-state index < -0.39 is 103 Å². The minimum atomic E-state index is -2.03. The van der Waals surface area contributed by atoms with Crippen LogP contribution in [0, 0.1) is 46.7 Å². The first-order valence-electron chi connectivity index (χ1n) is 26.6. The number of hydrogen-bond acceptors (Lipinski definition) is 14. The number of aromatic nitrogens is 6. The minimum Gasteiger partial charge on any atom is -0.463 e. The first-order valence-corrected chi connectivity index (χ1v) is 34.9. The molecule has 0 amide bonds. The third-order valence-electron chi connectivity index (χ3n) is 15.5. The number of benzene rings is 2. The molecule has 79 heavy (non-hydrogen) atoms. The van der Waals surface area contributed by atoms with Gasteiger partial charge in [0, 0.05) is 51.0 Å². The van der Waals surface area contributed by atoms with E-state index in [2.05, 4.69) is 120 Å². The van der Waals surface area contributed by atoms with Gasteiger partial charge in [0.2, 0.25) is 0 Å². The number of carbonyl (C=O) groups is 2. The van der Waals surface area contributed by atoms with Crippen molar-refractivity contribution in [2.45, 2.75) is 191 Å². The van der Waals surface area contributed by atoms with Crippen LogP contribution in [0.15, 0.2) is 36.7 Å². The number of rotatable bonds is 18. The predicted molar refractivity (Wildman–Crippen MR) is 307 cm³/mol. The number of hydrogen-bond donors (Lipinski definition) is 1. The molecular formula is C54H81BrF6N6O8S2Si2. The van der Waals surface area contributed by atoms with Gasteiger partial charge in [0.25, 0.3) is 0 Å². The van der Waals surface area contributed by atoms with Crippen LogP contribution in [0.2, 0.25) is 33.2 Å². The van der Waals surface area contributed by atoms with Gasteiger partial charge in [-0.1, -0.05) is 123 Å². The van der Waals surface area contributed by atoms with Crippen LogP contribution in [-0.4, -0.2) is 119 Å². The Morgan fingerprint density at radius 3 is 1.27 bits per heavy atom. The number of nitrogens with zero attached hydrogens (tertiary/aromatic N) is 6. The van der Waals surface area contributed by atoms with Crippen molar-refractivity contribution in [2.24, 2.45) is 11.8 Å². The van der Waals surface area contributed by atoms with Crippen molar-refractivity contribution in [3.8, 4) is 22.5 Å². The Morgan fingerprint density at radius 2 is 0.962 bits per heavy atom. The van der Waals surface area contributed by atoms with Crippen LogP contribution in [0.1, 0.15) is 123 Å². The van der Waals surface area contributed by atoms with Gasteiger partial charge in [-0.25, -0.2) is 47.8 Å². The van der Waals surface area contributed by atoms with E-state index in [1.54, 1.807) is 18.0 Å². The molecule has 0 bridgehead atoms. The summed E-state index contributed by atoms with van der Waals surface area (Å²) in [7, 11) is -0.177. The zero-order chi connectivity index (χ0) is 59.8.